The molecule has 0 bridgehead atoms. The fourth-order valence-corrected chi connectivity index (χ4v) is 2.17. The van der Waals surface area contributed by atoms with Crippen molar-refractivity contribution in [1.29, 1.82) is 0 Å². The van der Waals surface area contributed by atoms with Crippen molar-refractivity contribution >= 4 is 5.97 Å². The van der Waals surface area contributed by atoms with Crippen LogP contribution >= 0.6 is 0 Å². The minimum Gasteiger partial charge on any atom is -0.481 e. The average Bonchev–Trinajstić information content (AvgIpc) is 2.75. The Labute approximate surface area is 118 Å². The van der Waals surface area contributed by atoms with Gasteiger partial charge in [-0.15, -0.1) is 0 Å². The van der Waals surface area contributed by atoms with Gasteiger partial charge in [-0.1, -0.05) is 39.0 Å². The Balaban J connectivity index is 2.34. The van der Waals surface area contributed by atoms with Crippen LogP contribution in [0.5, 0.6) is 0 Å². The topological polar surface area (TPSA) is 66.0 Å². The summed E-state index contributed by atoms with van der Waals surface area (Å²) in [4.78, 5) is 10.7. The third-order valence-corrected chi connectivity index (χ3v) is 3.34. The van der Waals surface area contributed by atoms with E-state index in [1.807, 2.05) is 0 Å². The van der Waals surface area contributed by atoms with Gasteiger partial charge >= 0.3 is 5.97 Å². The van der Waals surface area contributed by atoms with Crippen LogP contribution in [0.2, 0.25) is 0 Å². The minimum atomic E-state index is -0.861. The fourth-order valence-electron chi connectivity index (χ4n) is 2.17. The number of H-pyrrole nitrogens is 1. The van der Waals surface area contributed by atoms with Gasteiger partial charge in [-0.2, -0.15) is 5.10 Å². The zero-order valence-corrected chi connectivity index (χ0v) is 12.3. The molecule has 0 aliphatic rings. The summed E-state index contributed by atoms with van der Waals surface area (Å²) in [6, 6.07) is 8.12. The zero-order valence-electron chi connectivity index (χ0n) is 12.3. The highest BCUT2D eigenvalue weighted by atomic mass is 16.4. The second-order valence-electron chi connectivity index (χ2n) is 6.13. The van der Waals surface area contributed by atoms with E-state index in [0.717, 1.165) is 16.8 Å². The number of benzene rings is 1. The van der Waals surface area contributed by atoms with Gasteiger partial charge in [0, 0.05) is 11.3 Å². The molecule has 1 heterocycles. The minimum absolute atomic E-state index is 0.0356. The number of aryl methyl sites for hydroxylation is 1. The molecule has 0 saturated heterocycles. The van der Waals surface area contributed by atoms with Crippen LogP contribution in [0.25, 0.3) is 11.3 Å². The van der Waals surface area contributed by atoms with Crippen molar-refractivity contribution in [2.24, 2.45) is 0 Å². The number of carboxylic acid groups (broad SMARTS) is 1. The zero-order chi connectivity index (χ0) is 14.9. The number of aromatic amines is 1. The summed E-state index contributed by atoms with van der Waals surface area (Å²) in [5, 5.41) is 15.8. The Morgan fingerprint density at radius 3 is 2.55 bits per heavy atom. The number of rotatable bonds is 3. The molecule has 4 heteroatoms. The second-order valence-corrected chi connectivity index (χ2v) is 6.13. The highest BCUT2D eigenvalue weighted by molar-refractivity contribution is 5.71. The Bertz CT molecular complexity index is 636. The lowest BCUT2D eigenvalue weighted by molar-refractivity contribution is -0.136. The van der Waals surface area contributed by atoms with E-state index in [4.69, 9.17) is 5.11 Å². The van der Waals surface area contributed by atoms with Gasteiger partial charge in [0.05, 0.1) is 12.1 Å². The summed E-state index contributed by atoms with van der Waals surface area (Å²) in [6.45, 7) is 8.60. The standard InChI is InChI=1S/C16H20N2O2/c1-10-7-11(16(2,3)4)5-6-13(10)14-8-12(17-18-14)9-15(19)20/h5-8H,9H2,1-4H3,(H,17,18)(H,19,20). The number of carboxylic acids is 1. The van der Waals surface area contributed by atoms with Gasteiger partial charge in [0.25, 0.3) is 0 Å². The first-order valence-corrected chi connectivity index (χ1v) is 6.65. The first-order chi connectivity index (χ1) is 9.27. The van der Waals surface area contributed by atoms with E-state index in [1.54, 1.807) is 6.07 Å². The molecule has 0 aliphatic carbocycles. The van der Waals surface area contributed by atoms with E-state index in [9.17, 15) is 4.79 Å². The summed E-state index contributed by atoms with van der Waals surface area (Å²) in [6.07, 6.45) is -0.0356. The van der Waals surface area contributed by atoms with Gasteiger partial charge in [0.1, 0.15) is 0 Å². The SMILES string of the molecule is Cc1cc(C(C)(C)C)ccc1-c1cc(CC(=O)O)[nH]n1. The molecule has 2 N–H and O–H groups in total. The number of aliphatic carboxylic acids is 1. The number of hydrogen-bond acceptors (Lipinski definition) is 2. The lowest BCUT2D eigenvalue weighted by Crippen LogP contribution is -2.11. The predicted octanol–water partition coefficient (Wildman–Crippen LogP) is 3.31. The highest BCUT2D eigenvalue weighted by Crippen LogP contribution is 2.28. The number of aromatic nitrogens is 2. The molecule has 0 amide bonds. The maximum atomic E-state index is 10.7. The third kappa shape index (κ3) is 3.07. The molecule has 1 aromatic heterocycles. The van der Waals surface area contributed by atoms with E-state index in [-0.39, 0.29) is 11.8 Å². The van der Waals surface area contributed by atoms with Gasteiger partial charge in [-0.25, -0.2) is 0 Å². The molecule has 0 saturated carbocycles. The molecule has 0 fully saturated rings. The van der Waals surface area contributed by atoms with E-state index in [2.05, 4.69) is 56.1 Å². The van der Waals surface area contributed by atoms with Crippen molar-refractivity contribution in [3.8, 4) is 11.3 Å². The molecule has 0 aliphatic heterocycles. The average molecular weight is 272 g/mol. The number of carbonyl (C=O) groups is 1. The van der Waals surface area contributed by atoms with Crippen molar-refractivity contribution in [3.63, 3.8) is 0 Å². The van der Waals surface area contributed by atoms with Gasteiger partial charge in [0.15, 0.2) is 0 Å². The lowest BCUT2D eigenvalue weighted by atomic mass is 9.85. The summed E-state index contributed by atoms with van der Waals surface area (Å²) in [5.41, 5.74) is 4.98. The molecule has 0 unspecified atom stereocenters. The van der Waals surface area contributed by atoms with Crippen LogP contribution < -0.4 is 0 Å². The fraction of sp³-hybridized carbons (Fsp3) is 0.375. The first-order valence-electron chi connectivity index (χ1n) is 6.65. The van der Waals surface area contributed by atoms with Crippen molar-refractivity contribution in [2.75, 3.05) is 0 Å². The highest BCUT2D eigenvalue weighted by Gasteiger charge is 2.16. The van der Waals surface area contributed by atoms with Crippen LogP contribution in [0.15, 0.2) is 24.3 Å². The first kappa shape index (κ1) is 14.3. The summed E-state index contributed by atoms with van der Waals surface area (Å²) >= 11 is 0. The van der Waals surface area contributed by atoms with Crippen LogP contribution in [0, 0.1) is 6.92 Å². The number of nitrogens with one attached hydrogen (secondary N) is 1. The molecule has 2 rings (SSSR count). The van der Waals surface area contributed by atoms with Gasteiger partial charge in [0.2, 0.25) is 0 Å². The van der Waals surface area contributed by atoms with Crippen LogP contribution in [-0.2, 0) is 16.6 Å². The van der Waals surface area contributed by atoms with E-state index >= 15 is 0 Å². The second kappa shape index (κ2) is 5.12. The van der Waals surface area contributed by atoms with Crippen molar-refractivity contribution in [2.45, 2.75) is 39.5 Å². The Kier molecular flexibility index (Phi) is 3.66. The molecular formula is C16H20N2O2. The monoisotopic (exact) mass is 272 g/mol. The molecule has 1 aromatic carbocycles. The lowest BCUT2D eigenvalue weighted by Gasteiger charge is -2.20. The molecule has 106 valence electrons. The Morgan fingerprint density at radius 1 is 1.30 bits per heavy atom. The largest absolute Gasteiger partial charge is 0.481 e. The van der Waals surface area contributed by atoms with Crippen LogP contribution in [0.3, 0.4) is 0 Å². The number of nitrogens with zero attached hydrogens (tertiary/aromatic N) is 1. The maximum Gasteiger partial charge on any atom is 0.309 e. The van der Waals surface area contributed by atoms with Crippen LogP contribution in [-0.4, -0.2) is 21.3 Å². The Hall–Kier alpha value is -2.10. The molecule has 0 atom stereocenters. The molecule has 2 aromatic rings. The predicted molar refractivity (Wildman–Crippen MR) is 78.8 cm³/mol. The van der Waals surface area contributed by atoms with E-state index in [0.29, 0.717) is 5.69 Å². The van der Waals surface area contributed by atoms with Gasteiger partial charge in [-0.3, -0.25) is 9.89 Å². The van der Waals surface area contributed by atoms with Gasteiger partial charge < -0.3 is 5.11 Å². The summed E-state index contributed by atoms with van der Waals surface area (Å²) in [5.74, 6) is -0.861. The summed E-state index contributed by atoms with van der Waals surface area (Å²) < 4.78 is 0. The van der Waals surface area contributed by atoms with Crippen molar-refractivity contribution < 1.29 is 9.90 Å². The molecule has 20 heavy (non-hydrogen) atoms. The third-order valence-electron chi connectivity index (χ3n) is 3.34. The Morgan fingerprint density at radius 2 is 2.00 bits per heavy atom. The molecule has 4 nitrogen and oxygen atoms in total. The van der Waals surface area contributed by atoms with Crippen molar-refractivity contribution in [3.05, 3.63) is 41.1 Å². The molecular weight excluding hydrogens is 252 g/mol. The van der Waals surface area contributed by atoms with Gasteiger partial charge in [-0.05, 0) is 29.5 Å². The van der Waals surface area contributed by atoms with E-state index < -0.39 is 5.97 Å². The van der Waals surface area contributed by atoms with Crippen molar-refractivity contribution in [1.82, 2.24) is 10.2 Å². The normalized spacial score (nSPS) is 11.6. The summed E-state index contributed by atoms with van der Waals surface area (Å²) in [7, 11) is 0. The molecule has 0 radical (unpaired) electrons. The number of hydrogen-bond donors (Lipinski definition) is 2. The van der Waals surface area contributed by atoms with Crippen LogP contribution in [0.1, 0.15) is 37.6 Å². The quantitative estimate of drug-likeness (QED) is 0.900. The smallest absolute Gasteiger partial charge is 0.309 e. The molecule has 0 spiro atoms. The van der Waals surface area contributed by atoms with Crippen LogP contribution in [0.4, 0.5) is 0 Å². The van der Waals surface area contributed by atoms with E-state index in [1.165, 1.54) is 5.56 Å². The maximum absolute atomic E-state index is 10.7.